The van der Waals surface area contributed by atoms with E-state index in [1.165, 1.54) is 19.1 Å². The fourth-order valence-electron chi connectivity index (χ4n) is 2.06. The van der Waals surface area contributed by atoms with Crippen molar-refractivity contribution in [2.75, 3.05) is 0 Å². The smallest absolute Gasteiger partial charge is 0.140 e. The second kappa shape index (κ2) is 5.79. The molecule has 0 aliphatic carbocycles. The average molecular weight is 303 g/mol. The number of rotatable bonds is 4. The Hall–Kier alpha value is -1.98. The van der Waals surface area contributed by atoms with Crippen LogP contribution in [0.1, 0.15) is 23.6 Å². The molecule has 1 N–H and O–H groups in total. The summed E-state index contributed by atoms with van der Waals surface area (Å²) < 4.78 is 20.4. The quantitative estimate of drug-likeness (QED) is 0.790. The second-order valence-corrected chi connectivity index (χ2v) is 5.84. The molecule has 3 nitrogen and oxygen atoms in total. The normalized spacial score (nSPS) is 12.5. The lowest BCUT2D eigenvalue weighted by Gasteiger charge is -2.09. The van der Waals surface area contributed by atoms with Crippen LogP contribution >= 0.6 is 11.3 Å². The van der Waals surface area contributed by atoms with E-state index in [-0.39, 0.29) is 5.56 Å². The number of halogens is 1. The highest BCUT2D eigenvalue weighted by molar-refractivity contribution is 7.18. The number of hydrogen-bond acceptors (Lipinski definition) is 4. The minimum absolute atomic E-state index is 0.266. The minimum Gasteiger partial charge on any atom is -0.486 e. The van der Waals surface area contributed by atoms with E-state index >= 15 is 0 Å². The molecule has 0 amide bonds. The van der Waals surface area contributed by atoms with E-state index in [0.29, 0.717) is 12.4 Å². The number of aliphatic hydroxyl groups excluding tert-OH is 1. The molecule has 0 bridgehead atoms. The van der Waals surface area contributed by atoms with Crippen LogP contribution in [0.25, 0.3) is 10.2 Å². The van der Waals surface area contributed by atoms with Crippen molar-refractivity contribution in [3.05, 3.63) is 58.9 Å². The molecule has 0 spiro atoms. The van der Waals surface area contributed by atoms with Gasteiger partial charge in [-0.3, -0.25) is 0 Å². The molecule has 0 aliphatic rings. The van der Waals surface area contributed by atoms with Gasteiger partial charge in [0, 0.05) is 11.6 Å². The van der Waals surface area contributed by atoms with Crippen LogP contribution in [0.4, 0.5) is 4.39 Å². The third kappa shape index (κ3) is 3.04. The standard InChI is InChI=1S/C16H14FNO2S/c1-10(19)12-7-6-11(8-13(12)17)20-9-16-18-14-4-2-3-5-15(14)21-16/h2-8,10,19H,9H2,1H3/t10-/m1/s1. The SMILES string of the molecule is C[C@@H](O)c1ccc(OCc2nc3ccccc3s2)cc1F. The summed E-state index contributed by atoms with van der Waals surface area (Å²) in [6.07, 6.45) is -0.830. The highest BCUT2D eigenvalue weighted by Crippen LogP contribution is 2.25. The van der Waals surface area contributed by atoms with Gasteiger partial charge in [-0.1, -0.05) is 12.1 Å². The molecule has 108 valence electrons. The first-order valence-electron chi connectivity index (χ1n) is 6.58. The Morgan fingerprint density at radius 2 is 2.10 bits per heavy atom. The van der Waals surface area contributed by atoms with Crippen molar-refractivity contribution in [3.63, 3.8) is 0 Å². The second-order valence-electron chi connectivity index (χ2n) is 4.72. The summed E-state index contributed by atoms with van der Waals surface area (Å²) >= 11 is 1.56. The van der Waals surface area contributed by atoms with Crippen LogP contribution < -0.4 is 4.74 Å². The number of para-hydroxylation sites is 1. The Morgan fingerprint density at radius 1 is 1.29 bits per heavy atom. The molecule has 1 aromatic heterocycles. The van der Waals surface area contributed by atoms with Crippen molar-refractivity contribution in [2.45, 2.75) is 19.6 Å². The zero-order valence-corrected chi connectivity index (χ0v) is 12.2. The first-order chi connectivity index (χ1) is 10.1. The predicted molar refractivity (Wildman–Crippen MR) is 81.0 cm³/mol. The monoisotopic (exact) mass is 303 g/mol. The summed E-state index contributed by atoms with van der Waals surface area (Å²) in [7, 11) is 0. The lowest BCUT2D eigenvalue weighted by Crippen LogP contribution is -1.99. The molecule has 3 aromatic rings. The number of aliphatic hydroxyl groups is 1. The topological polar surface area (TPSA) is 42.4 Å². The van der Waals surface area contributed by atoms with Gasteiger partial charge in [0.05, 0.1) is 16.3 Å². The number of nitrogens with zero attached hydrogens (tertiary/aromatic N) is 1. The predicted octanol–water partition coefficient (Wildman–Crippen LogP) is 4.07. The average Bonchev–Trinajstić information content (AvgIpc) is 2.87. The Balaban J connectivity index is 1.74. The van der Waals surface area contributed by atoms with Crippen LogP contribution in [0.2, 0.25) is 0 Å². The maximum Gasteiger partial charge on any atom is 0.140 e. The van der Waals surface area contributed by atoms with E-state index in [4.69, 9.17) is 4.74 Å². The molecule has 0 radical (unpaired) electrons. The zero-order valence-electron chi connectivity index (χ0n) is 11.4. The van der Waals surface area contributed by atoms with Crippen LogP contribution in [0.15, 0.2) is 42.5 Å². The highest BCUT2D eigenvalue weighted by atomic mass is 32.1. The van der Waals surface area contributed by atoms with E-state index in [2.05, 4.69) is 4.98 Å². The Bertz CT molecular complexity index is 737. The lowest BCUT2D eigenvalue weighted by molar-refractivity contribution is 0.194. The van der Waals surface area contributed by atoms with Gasteiger partial charge in [-0.25, -0.2) is 9.37 Å². The summed E-state index contributed by atoms with van der Waals surface area (Å²) in [6, 6.07) is 12.3. The Morgan fingerprint density at radius 3 is 2.81 bits per heavy atom. The molecule has 1 heterocycles. The van der Waals surface area contributed by atoms with Gasteiger partial charge in [0.2, 0.25) is 0 Å². The summed E-state index contributed by atoms with van der Waals surface area (Å²) in [4.78, 5) is 4.46. The maximum absolute atomic E-state index is 13.7. The molecular formula is C16H14FNO2S. The minimum atomic E-state index is -0.830. The summed E-state index contributed by atoms with van der Waals surface area (Å²) in [5.74, 6) is -0.0389. The number of benzene rings is 2. The van der Waals surface area contributed by atoms with Gasteiger partial charge in [0.25, 0.3) is 0 Å². The molecule has 3 rings (SSSR count). The van der Waals surface area contributed by atoms with Crippen LogP contribution in [-0.4, -0.2) is 10.1 Å². The maximum atomic E-state index is 13.7. The van der Waals surface area contributed by atoms with E-state index in [1.807, 2.05) is 24.3 Å². The number of fused-ring (bicyclic) bond motifs is 1. The van der Waals surface area contributed by atoms with Gasteiger partial charge in [0.1, 0.15) is 23.2 Å². The third-order valence-electron chi connectivity index (χ3n) is 3.12. The first kappa shape index (κ1) is 14.0. The van der Waals surface area contributed by atoms with Gasteiger partial charge in [-0.05, 0) is 31.2 Å². The van der Waals surface area contributed by atoms with E-state index in [9.17, 15) is 9.50 Å². The van der Waals surface area contributed by atoms with Gasteiger partial charge in [-0.2, -0.15) is 0 Å². The molecular weight excluding hydrogens is 289 g/mol. The number of thiazole rings is 1. The van der Waals surface area contributed by atoms with Crippen LogP contribution in [0.5, 0.6) is 5.75 Å². The Labute approximate surface area is 125 Å². The van der Waals surface area contributed by atoms with Crippen molar-refractivity contribution in [3.8, 4) is 5.75 Å². The van der Waals surface area contributed by atoms with Crippen LogP contribution in [0.3, 0.4) is 0 Å². The van der Waals surface area contributed by atoms with Gasteiger partial charge < -0.3 is 9.84 Å². The van der Waals surface area contributed by atoms with Gasteiger partial charge in [0.15, 0.2) is 0 Å². The molecule has 21 heavy (non-hydrogen) atoms. The van der Waals surface area contributed by atoms with Crippen molar-refractivity contribution >= 4 is 21.6 Å². The van der Waals surface area contributed by atoms with E-state index in [0.717, 1.165) is 15.2 Å². The number of aromatic nitrogens is 1. The molecule has 0 unspecified atom stereocenters. The highest BCUT2D eigenvalue weighted by Gasteiger charge is 2.10. The van der Waals surface area contributed by atoms with Crippen molar-refractivity contribution in [1.29, 1.82) is 0 Å². The van der Waals surface area contributed by atoms with Gasteiger partial charge in [-0.15, -0.1) is 11.3 Å². The number of ether oxygens (including phenoxy) is 1. The fourth-order valence-corrected chi connectivity index (χ4v) is 2.94. The first-order valence-corrected chi connectivity index (χ1v) is 7.40. The van der Waals surface area contributed by atoms with Crippen molar-refractivity contribution in [1.82, 2.24) is 4.98 Å². The van der Waals surface area contributed by atoms with Crippen LogP contribution in [-0.2, 0) is 6.61 Å². The summed E-state index contributed by atoms with van der Waals surface area (Å²) in [5, 5.41) is 10.2. The summed E-state index contributed by atoms with van der Waals surface area (Å²) in [5.41, 5.74) is 1.21. The van der Waals surface area contributed by atoms with E-state index < -0.39 is 11.9 Å². The lowest BCUT2D eigenvalue weighted by atomic mass is 10.1. The van der Waals surface area contributed by atoms with Crippen LogP contribution in [0, 0.1) is 5.82 Å². The van der Waals surface area contributed by atoms with E-state index in [1.54, 1.807) is 17.4 Å². The molecule has 5 heteroatoms. The largest absolute Gasteiger partial charge is 0.486 e. The fraction of sp³-hybridized carbons (Fsp3) is 0.188. The van der Waals surface area contributed by atoms with Crippen molar-refractivity contribution < 1.29 is 14.2 Å². The third-order valence-corrected chi connectivity index (χ3v) is 4.13. The molecule has 2 aromatic carbocycles. The van der Waals surface area contributed by atoms with Crippen molar-refractivity contribution in [2.24, 2.45) is 0 Å². The number of hydrogen-bond donors (Lipinski definition) is 1. The zero-order chi connectivity index (χ0) is 14.8. The molecule has 0 saturated heterocycles. The molecule has 0 fully saturated rings. The molecule has 0 saturated carbocycles. The Kier molecular flexibility index (Phi) is 3.86. The van der Waals surface area contributed by atoms with Gasteiger partial charge >= 0.3 is 0 Å². The molecule has 0 aliphatic heterocycles. The summed E-state index contributed by atoms with van der Waals surface area (Å²) in [6.45, 7) is 1.83. The molecule has 1 atom stereocenters.